The monoisotopic (exact) mass is 359 g/mol. The summed E-state index contributed by atoms with van der Waals surface area (Å²) in [5, 5.41) is 19.3. The second-order valence-corrected chi connectivity index (χ2v) is 6.84. The summed E-state index contributed by atoms with van der Waals surface area (Å²) in [6.07, 6.45) is 1.04. The highest BCUT2D eigenvalue weighted by molar-refractivity contribution is 7.99. The van der Waals surface area contributed by atoms with Gasteiger partial charge in [0, 0.05) is 12.8 Å². The Morgan fingerprint density at radius 2 is 2.12 bits per heavy atom. The Labute approximate surface area is 150 Å². The van der Waals surface area contributed by atoms with Crippen LogP contribution in [0.15, 0.2) is 46.2 Å². The van der Waals surface area contributed by atoms with Crippen molar-refractivity contribution in [3.8, 4) is 17.1 Å². The maximum absolute atomic E-state index is 10.1. The topological polar surface area (TPSA) is 73.3 Å². The fraction of sp³-hybridized carbons (Fsp3) is 0.333. The van der Waals surface area contributed by atoms with Crippen LogP contribution in [0.25, 0.3) is 11.4 Å². The Balaban J connectivity index is 1.55. The van der Waals surface area contributed by atoms with Gasteiger partial charge in [0.1, 0.15) is 18.1 Å². The van der Waals surface area contributed by atoms with Crippen molar-refractivity contribution >= 4 is 11.8 Å². The van der Waals surface area contributed by atoms with Gasteiger partial charge in [-0.05, 0) is 37.6 Å². The zero-order valence-electron chi connectivity index (χ0n) is 14.5. The number of benzene rings is 1. The summed E-state index contributed by atoms with van der Waals surface area (Å²) in [5.41, 5.74) is 2.05. The van der Waals surface area contributed by atoms with Crippen molar-refractivity contribution in [3.05, 3.63) is 47.9 Å². The van der Waals surface area contributed by atoms with Gasteiger partial charge >= 0.3 is 0 Å². The van der Waals surface area contributed by atoms with Crippen LogP contribution in [0.4, 0.5) is 0 Å². The molecule has 25 heavy (non-hydrogen) atoms. The first-order valence-electron chi connectivity index (χ1n) is 7.99. The molecule has 0 aliphatic carbocycles. The number of aromatic nitrogens is 3. The molecule has 0 aliphatic rings. The number of hydrogen-bond donors (Lipinski definition) is 1. The summed E-state index contributed by atoms with van der Waals surface area (Å²) in [7, 11) is 1.90. The molecule has 0 fully saturated rings. The second-order valence-electron chi connectivity index (χ2n) is 5.85. The third-order valence-corrected chi connectivity index (χ3v) is 4.94. The van der Waals surface area contributed by atoms with E-state index in [9.17, 15) is 5.11 Å². The summed E-state index contributed by atoms with van der Waals surface area (Å²) in [4.78, 5) is 0. The maximum atomic E-state index is 10.1. The zero-order valence-corrected chi connectivity index (χ0v) is 15.3. The Bertz CT molecular complexity index is 844. The molecule has 2 heterocycles. The molecule has 3 aromatic rings. The number of furan rings is 1. The van der Waals surface area contributed by atoms with Gasteiger partial charge in [0.05, 0.1) is 17.9 Å². The Morgan fingerprint density at radius 3 is 2.84 bits per heavy atom. The second kappa shape index (κ2) is 7.76. The number of rotatable bonds is 7. The Hall–Kier alpha value is -2.25. The van der Waals surface area contributed by atoms with Crippen LogP contribution in [-0.2, 0) is 7.05 Å². The molecule has 0 spiro atoms. The number of aliphatic hydroxyl groups is 1. The standard InChI is InChI=1S/C18H21N3O3S/c1-12-5-4-6-15(9-12)24-10-14(22)11-25-18-20-19-17(21(18)3)16-7-8-23-13(16)2/h4-9,14,22H,10-11H2,1-3H3/t14-/m0/s1. The van der Waals surface area contributed by atoms with Crippen LogP contribution >= 0.6 is 11.8 Å². The normalized spacial score (nSPS) is 12.3. The minimum Gasteiger partial charge on any atom is -0.491 e. The predicted molar refractivity (Wildman–Crippen MR) is 96.8 cm³/mol. The van der Waals surface area contributed by atoms with Crippen LogP contribution in [0.3, 0.4) is 0 Å². The van der Waals surface area contributed by atoms with Crippen molar-refractivity contribution in [1.29, 1.82) is 0 Å². The quantitative estimate of drug-likeness (QED) is 0.653. The highest BCUT2D eigenvalue weighted by Crippen LogP contribution is 2.26. The van der Waals surface area contributed by atoms with Gasteiger partial charge in [-0.15, -0.1) is 10.2 Å². The van der Waals surface area contributed by atoms with Crippen LogP contribution in [0, 0.1) is 13.8 Å². The number of ether oxygens (including phenoxy) is 1. The third kappa shape index (κ3) is 4.24. The molecule has 132 valence electrons. The molecular formula is C18H21N3O3S. The van der Waals surface area contributed by atoms with Crippen molar-refractivity contribution in [2.24, 2.45) is 7.05 Å². The van der Waals surface area contributed by atoms with Gasteiger partial charge < -0.3 is 18.8 Å². The molecule has 0 unspecified atom stereocenters. The van der Waals surface area contributed by atoms with E-state index in [1.54, 1.807) is 6.26 Å². The number of thioether (sulfide) groups is 1. The molecule has 1 N–H and O–H groups in total. The average Bonchev–Trinajstić information content (AvgIpc) is 3.16. The molecule has 7 heteroatoms. The van der Waals surface area contributed by atoms with E-state index >= 15 is 0 Å². The Kier molecular flexibility index (Phi) is 5.45. The van der Waals surface area contributed by atoms with Crippen molar-refractivity contribution in [2.75, 3.05) is 12.4 Å². The summed E-state index contributed by atoms with van der Waals surface area (Å²) < 4.78 is 12.8. The zero-order chi connectivity index (χ0) is 17.8. The van der Waals surface area contributed by atoms with Crippen molar-refractivity contribution < 1.29 is 14.3 Å². The first kappa shape index (κ1) is 17.6. The van der Waals surface area contributed by atoms with Gasteiger partial charge in [-0.25, -0.2) is 0 Å². The molecule has 0 amide bonds. The number of hydrogen-bond acceptors (Lipinski definition) is 6. The van der Waals surface area contributed by atoms with E-state index < -0.39 is 6.10 Å². The van der Waals surface area contributed by atoms with Gasteiger partial charge in [0.15, 0.2) is 11.0 Å². The van der Waals surface area contributed by atoms with Crippen LogP contribution in [0.5, 0.6) is 5.75 Å². The van der Waals surface area contributed by atoms with Gasteiger partial charge in [0.25, 0.3) is 0 Å². The van der Waals surface area contributed by atoms with Crippen LogP contribution in [-0.4, -0.2) is 38.3 Å². The van der Waals surface area contributed by atoms with Crippen molar-refractivity contribution in [3.63, 3.8) is 0 Å². The van der Waals surface area contributed by atoms with E-state index in [-0.39, 0.29) is 6.61 Å². The molecule has 2 aromatic heterocycles. The molecule has 0 aliphatic heterocycles. The smallest absolute Gasteiger partial charge is 0.191 e. The lowest BCUT2D eigenvalue weighted by Gasteiger charge is -2.12. The first-order chi connectivity index (χ1) is 12.0. The van der Waals surface area contributed by atoms with Crippen molar-refractivity contribution in [1.82, 2.24) is 14.8 Å². The highest BCUT2D eigenvalue weighted by atomic mass is 32.2. The lowest BCUT2D eigenvalue weighted by atomic mass is 10.2. The molecule has 0 saturated carbocycles. The average molecular weight is 359 g/mol. The minimum atomic E-state index is -0.596. The van der Waals surface area contributed by atoms with E-state index in [1.165, 1.54) is 11.8 Å². The molecule has 6 nitrogen and oxygen atoms in total. The Morgan fingerprint density at radius 1 is 1.28 bits per heavy atom. The van der Waals surface area contributed by atoms with E-state index in [4.69, 9.17) is 9.15 Å². The van der Waals surface area contributed by atoms with E-state index in [2.05, 4.69) is 10.2 Å². The maximum Gasteiger partial charge on any atom is 0.191 e. The lowest BCUT2D eigenvalue weighted by Crippen LogP contribution is -2.20. The predicted octanol–water partition coefficient (Wildman–Crippen LogP) is 3.22. The van der Waals surface area contributed by atoms with Crippen LogP contribution in [0.1, 0.15) is 11.3 Å². The SMILES string of the molecule is Cc1cccc(OC[C@H](O)CSc2nnc(-c3ccoc3C)n2C)c1. The minimum absolute atomic E-state index is 0.238. The number of nitrogens with zero attached hydrogens (tertiary/aromatic N) is 3. The largest absolute Gasteiger partial charge is 0.491 e. The highest BCUT2D eigenvalue weighted by Gasteiger charge is 2.16. The first-order valence-corrected chi connectivity index (χ1v) is 8.97. The lowest BCUT2D eigenvalue weighted by molar-refractivity contribution is 0.126. The third-order valence-electron chi connectivity index (χ3n) is 3.77. The molecule has 1 aromatic carbocycles. The van der Waals surface area contributed by atoms with E-state index in [0.717, 1.165) is 33.6 Å². The van der Waals surface area contributed by atoms with Gasteiger partial charge in [-0.3, -0.25) is 0 Å². The fourth-order valence-electron chi connectivity index (χ4n) is 2.41. The molecule has 0 bridgehead atoms. The fourth-order valence-corrected chi connectivity index (χ4v) is 3.22. The van der Waals surface area contributed by atoms with Crippen molar-refractivity contribution in [2.45, 2.75) is 25.1 Å². The van der Waals surface area contributed by atoms with Gasteiger partial charge in [0.2, 0.25) is 0 Å². The number of aryl methyl sites for hydroxylation is 2. The summed E-state index contributed by atoms with van der Waals surface area (Å²) in [6.45, 7) is 4.14. The summed E-state index contributed by atoms with van der Waals surface area (Å²) in [6, 6.07) is 9.65. The molecular weight excluding hydrogens is 338 g/mol. The summed E-state index contributed by atoms with van der Waals surface area (Å²) in [5.74, 6) is 2.79. The molecule has 1 atom stereocenters. The molecule has 0 saturated heterocycles. The van der Waals surface area contributed by atoms with Gasteiger partial charge in [-0.1, -0.05) is 23.9 Å². The summed E-state index contributed by atoms with van der Waals surface area (Å²) >= 11 is 1.45. The molecule has 3 rings (SSSR count). The van der Waals surface area contributed by atoms with Crippen LogP contribution < -0.4 is 4.74 Å². The van der Waals surface area contributed by atoms with E-state index in [0.29, 0.717) is 5.75 Å². The molecule has 0 radical (unpaired) electrons. The number of aliphatic hydroxyl groups excluding tert-OH is 1. The van der Waals surface area contributed by atoms with Crippen LogP contribution in [0.2, 0.25) is 0 Å². The van der Waals surface area contributed by atoms with E-state index in [1.807, 2.05) is 55.8 Å². The van der Waals surface area contributed by atoms with Gasteiger partial charge in [-0.2, -0.15) is 0 Å².